The third-order valence-corrected chi connectivity index (χ3v) is 4.96. The Labute approximate surface area is 199 Å². The minimum Gasteiger partial charge on any atom is -0.482 e. The van der Waals surface area contributed by atoms with Crippen LogP contribution < -0.4 is 15.5 Å². The first-order valence-electron chi connectivity index (χ1n) is 10.1. The van der Waals surface area contributed by atoms with Gasteiger partial charge in [-0.15, -0.1) is 0 Å². The highest BCUT2D eigenvalue weighted by Crippen LogP contribution is 2.28. The number of ether oxygens (including phenoxy) is 1. The summed E-state index contributed by atoms with van der Waals surface area (Å²) in [5.74, 6) is 0.181. The van der Waals surface area contributed by atoms with Crippen molar-refractivity contribution in [3.63, 3.8) is 0 Å². The summed E-state index contributed by atoms with van der Waals surface area (Å²) in [4.78, 5) is 34.6. The van der Waals surface area contributed by atoms with Crippen molar-refractivity contribution in [3.8, 4) is 17.1 Å². The average molecular weight is 485 g/mol. The standard InChI is InChI=1S/C23H21ClN4O6/c1-14-11-16(28(31)32)7-9-18(14)20-10-8-17(34-20)12-25-27-23(30)15(2)26-22(29)13-33-21-6-4-3-5-19(21)24/h3-12,15H,13H2,1-2H3,(H,26,29)(H,27,30)/b25-12-/t15-/m0/s1. The number of amides is 2. The summed E-state index contributed by atoms with van der Waals surface area (Å²) >= 11 is 5.96. The minimum atomic E-state index is -0.866. The van der Waals surface area contributed by atoms with Gasteiger partial charge >= 0.3 is 0 Å². The molecule has 1 heterocycles. The summed E-state index contributed by atoms with van der Waals surface area (Å²) in [6, 6.07) is 13.7. The summed E-state index contributed by atoms with van der Waals surface area (Å²) in [6.45, 7) is 2.94. The summed E-state index contributed by atoms with van der Waals surface area (Å²) < 4.78 is 11.0. The van der Waals surface area contributed by atoms with Crippen molar-refractivity contribution >= 4 is 35.3 Å². The number of furan rings is 1. The fourth-order valence-electron chi connectivity index (χ4n) is 2.91. The Kier molecular flexibility index (Phi) is 7.99. The van der Waals surface area contributed by atoms with Crippen LogP contribution in [0.25, 0.3) is 11.3 Å². The fourth-order valence-corrected chi connectivity index (χ4v) is 3.11. The molecule has 0 saturated heterocycles. The van der Waals surface area contributed by atoms with Gasteiger partial charge < -0.3 is 14.5 Å². The van der Waals surface area contributed by atoms with Crippen LogP contribution in [0, 0.1) is 17.0 Å². The van der Waals surface area contributed by atoms with Gasteiger partial charge in [0.2, 0.25) is 0 Å². The van der Waals surface area contributed by atoms with E-state index in [4.69, 9.17) is 20.8 Å². The van der Waals surface area contributed by atoms with Gasteiger partial charge in [0.25, 0.3) is 17.5 Å². The van der Waals surface area contributed by atoms with E-state index in [1.165, 1.54) is 25.3 Å². The van der Waals surface area contributed by atoms with Crippen molar-refractivity contribution in [3.05, 3.63) is 81.1 Å². The smallest absolute Gasteiger partial charge is 0.269 e. The largest absolute Gasteiger partial charge is 0.482 e. The number of para-hydroxylation sites is 1. The quantitative estimate of drug-likeness (QED) is 0.269. The number of hydrazone groups is 1. The molecule has 1 aromatic heterocycles. The van der Waals surface area contributed by atoms with E-state index in [1.54, 1.807) is 49.4 Å². The third-order valence-electron chi connectivity index (χ3n) is 4.65. The van der Waals surface area contributed by atoms with Gasteiger partial charge in [-0.3, -0.25) is 19.7 Å². The molecule has 0 bridgehead atoms. The molecule has 10 nitrogen and oxygen atoms in total. The normalized spacial score (nSPS) is 11.7. The van der Waals surface area contributed by atoms with Crippen LogP contribution in [0.2, 0.25) is 5.02 Å². The number of benzene rings is 2. The highest BCUT2D eigenvalue weighted by Gasteiger charge is 2.16. The van der Waals surface area contributed by atoms with E-state index in [1.807, 2.05) is 0 Å². The van der Waals surface area contributed by atoms with Crippen LogP contribution in [-0.2, 0) is 9.59 Å². The van der Waals surface area contributed by atoms with Gasteiger partial charge in [0.15, 0.2) is 6.61 Å². The molecule has 0 aliphatic heterocycles. The number of hydrogen-bond donors (Lipinski definition) is 2. The van der Waals surface area contributed by atoms with E-state index in [2.05, 4.69) is 15.8 Å². The number of nitro benzene ring substituents is 1. The maximum atomic E-state index is 12.2. The molecule has 0 unspecified atom stereocenters. The Hall–Kier alpha value is -4.18. The van der Waals surface area contributed by atoms with Crippen molar-refractivity contribution in [2.45, 2.75) is 19.9 Å². The fraction of sp³-hybridized carbons (Fsp3) is 0.174. The third kappa shape index (κ3) is 6.42. The van der Waals surface area contributed by atoms with E-state index in [9.17, 15) is 19.7 Å². The van der Waals surface area contributed by atoms with Gasteiger partial charge in [-0.1, -0.05) is 23.7 Å². The molecular formula is C23H21ClN4O6. The zero-order chi connectivity index (χ0) is 24.7. The monoisotopic (exact) mass is 484 g/mol. The maximum absolute atomic E-state index is 12.2. The molecule has 3 rings (SSSR count). The van der Waals surface area contributed by atoms with Crippen LogP contribution in [-0.4, -0.2) is 35.6 Å². The van der Waals surface area contributed by atoms with Gasteiger partial charge in [0.05, 0.1) is 16.2 Å². The van der Waals surface area contributed by atoms with Crippen LogP contribution in [0.15, 0.2) is 64.1 Å². The number of nitrogens with zero attached hydrogens (tertiary/aromatic N) is 2. The van der Waals surface area contributed by atoms with Crippen molar-refractivity contribution in [2.24, 2.45) is 5.10 Å². The lowest BCUT2D eigenvalue weighted by molar-refractivity contribution is -0.384. The number of hydrogen-bond acceptors (Lipinski definition) is 7. The number of carbonyl (C=O) groups excluding carboxylic acids is 2. The molecule has 0 spiro atoms. The van der Waals surface area contributed by atoms with Crippen molar-refractivity contribution < 1.29 is 23.7 Å². The van der Waals surface area contributed by atoms with Crippen LogP contribution >= 0.6 is 11.6 Å². The molecular weight excluding hydrogens is 464 g/mol. The molecule has 0 fully saturated rings. The van der Waals surface area contributed by atoms with Gasteiger partial charge in [-0.2, -0.15) is 5.10 Å². The predicted octanol–water partition coefficient (Wildman–Crippen LogP) is 3.85. The van der Waals surface area contributed by atoms with E-state index in [-0.39, 0.29) is 12.3 Å². The van der Waals surface area contributed by atoms with Crippen molar-refractivity contribution in [1.82, 2.24) is 10.7 Å². The first kappa shape index (κ1) is 24.5. The van der Waals surface area contributed by atoms with Crippen molar-refractivity contribution in [2.75, 3.05) is 6.61 Å². The zero-order valence-electron chi connectivity index (χ0n) is 18.3. The Morgan fingerprint density at radius 2 is 2.00 bits per heavy atom. The number of nitrogens with one attached hydrogen (secondary N) is 2. The number of non-ortho nitro benzene ring substituents is 1. The Balaban J connectivity index is 1.50. The molecule has 176 valence electrons. The Morgan fingerprint density at radius 1 is 1.24 bits per heavy atom. The zero-order valence-corrected chi connectivity index (χ0v) is 19.0. The molecule has 2 N–H and O–H groups in total. The molecule has 0 saturated carbocycles. The summed E-state index contributed by atoms with van der Waals surface area (Å²) in [5, 5.41) is 17.6. The van der Waals surface area contributed by atoms with Crippen molar-refractivity contribution in [1.29, 1.82) is 0 Å². The van der Waals surface area contributed by atoms with Crippen LogP contribution in [0.5, 0.6) is 5.75 Å². The highest BCUT2D eigenvalue weighted by molar-refractivity contribution is 6.32. The predicted molar refractivity (Wildman–Crippen MR) is 126 cm³/mol. The molecule has 0 aliphatic rings. The molecule has 1 atom stereocenters. The lowest BCUT2D eigenvalue weighted by Crippen LogP contribution is -2.45. The van der Waals surface area contributed by atoms with Gasteiger partial charge in [-0.05, 0) is 49.7 Å². The molecule has 11 heteroatoms. The number of halogens is 1. The second-order valence-electron chi connectivity index (χ2n) is 7.20. The highest BCUT2D eigenvalue weighted by atomic mass is 35.5. The number of rotatable bonds is 9. The lowest BCUT2D eigenvalue weighted by Gasteiger charge is -2.13. The van der Waals surface area contributed by atoms with E-state index < -0.39 is 22.8 Å². The van der Waals surface area contributed by atoms with Crippen LogP contribution in [0.4, 0.5) is 5.69 Å². The molecule has 34 heavy (non-hydrogen) atoms. The molecule has 0 aliphatic carbocycles. The molecule has 3 aromatic rings. The van der Waals surface area contributed by atoms with Gasteiger partial charge in [0.1, 0.15) is 23.3 Å². The Morgan fingerprint density at radius 3 is 2.71 bits per heavy atom. The maximum Gasteiger partial charge on any atom is 0.269 e. The Bertz CT molecular complexity index is 1240. The number of aryl methyl sites for hydroxylation is 1. The minimum absolute atomic E-state index is 0.00561. The summed E-state index contributed by atoms with van der Waals surface area (Å²) in [5.41, 5.74) is 3.70. The van der Waals surface area contributed by atoms with E-state index >= 15 is 0 Å². The molecule has 2 amide bonds. The van der Waals surface area contributed by atoms with Gasteiger partial charge in [-0.25, -0.2) is 5.43 Å². The molecule has 0 radical (unpaired) electrons. The topological polar surface area (TPSA) is 136 Å². The second-order valence-corrected chi connectivity index (χ2v) is 7.61. The number of nitro groups is 1. The first-order valence-corrected chi connectivity index (χ1v) is 10.5. The number of carbonyl (C=O) groups is 2. The second kappa shape index (κ2) is 11.1. The average Bonchev–Trinajstić information content (AvgIpc) is 3.26. The van der Waals surface area contributed by atoms with Gasteiger partial charge in [0, 0.05) is 17.7 Å². The summed E-state index contributed by atoms with van der Waals surface area (Å²) in [7, 11) is 0. The SMILES string of the molecule is Cc1cc([N+](=O)[O-])ccc1-c1ccc(/C=N\NC(=O)[C@H](C)NC(=O)COc2ccccc2Cl)o1. The first-order chi connectivity index (χ1) is 16.2. The van der Waals surface area contributed by atoms with E-state index in [0.717, 1.165) is 0 Å². The van der Waals surface area contributed by atoms with Crippen LogP contribution in [0.3, 0.4) is 0 Å². The lowest BCUT2D eigenvalue weighted by atomic mass is 10.1. The molecule has 2 aromatic carbocycles. The summed E-state index contributed by atoms with van der Waals surface area (Å²) in [6.07, 6.45) is 1.30. The van der Waals surface area contributed by atoms with E-state index in [0.29, 0.717) is 33.4 Å². The van der Waals surface area contributed by atoms with Crippen LogP contribution in [0.1, 0.15) is 18.2 Å².